The molecule has 0 aromatic heterocycles. The first-order valence-electron chi connectivity index (χ1n) is 8.68. The van der Waals surface area contributed by atoms with E-state index in [-0.39, 0.29) is 11.8 Å². The lowest BCUT2D eigenvalue weighted by Crippen LogP contribution is -2.45. The number of rotatable bonds is 5. The Morgan fingerprint density at radius 2 is 1.96 bits per heavy atom. The molecule has 2 amide bonds. The van der Waals surface area contributed by atoms with Crippen molar-refractivity contribution >= 4 is 29.3 Å². The van der Waals surface area contributed by atoms with Crippen LogP contribution in [0.4, 0.5) is 11.4 Å². The first-order chi connectivity index (χ1) is 13.3. The Labute approximate surface area is 163 Å². The van der Waals surface area contributed by atoms with Gasteiger partial charge < -0.3 is 24.8 Å². The van der Waals surface area contributed by atoms with E-state index >= 15 is 0 Å². The van der Waals surface area contributed by atoms with E-state index < -0.39 is 5.60 Å². The van der Waals surface area contributed by atoms with Crippen LogP contribution in [0.5, 0.6) is 17.2 Å². The summed E-state index contributed by atoms with van der Waals surface area (Å²) in [4.78, 5) is 24.6. The lowest BCUT2D eigenvalue weighted by molar-refractivity contribution is -0.129. The summed E-state index contributed by atoms with van der Waals surface area (Å²) in [5, 5.41) is 5.55. The van der Waals surface area contributed by atoms with Gasteiger partial charge in [-0.15, -0.1) is 0 Å². The molecule has 0 aliphatic carbocycles. The van der Waals surface area contributed by atoms with Crippen molar-refractivity contribution in [1.29, 1.82) is 0 Å². The Kier molecular flexibility index (Phi) is 5.26. The first-order valence-corrected chi connectivity index (χ1v) is 8.68. The summed E-state index contributed by atoms with van der Waals surface area (Å²) in [5.74, 6) is 1.13. The Morgan fingerprint density at radius 3 is 2.68 bits per heavy atom. The van der Waals surface area contributed by atoms with Crippen LogP contribution in [0.1, 0.15) is 19.4 Å². The number of hydrogen-bond donors (Lipinski definition) is 2. The molecule has 0 saturated heterocycles. The zero-order valence-corrected chi connectivity index (χ0v) is 16.2. The molecule has 0 fully saturated rings. The van der Waals surface area contributed by atoms with E-state index in [2.05, 4.69) is 10.6 Å². The fourth-order valence-corrected chi connectivity index (χ4v) is 2.74. The number of para-hydroxylation sites is 1. The number of benzene rings is 2. The van der Waals surface area contributed by atoms with Gasteiger partial charge >= 0.3 is 0 Å². The van der Waals surface area contributed by atoms with Gasteiger partial charge in [-0.3, -0.25) is 9.59 Å². The van der Waals surface area contributed by atoms with E-state index in [1.807, 2.05) is 0 Å². The van der Waals surface area contributed by atoms with E-state index in [4.69, 9.17) is 14.2 Å². The molecule has 1 aliphatic heterocycles. The molecule has 0 radical (unpaired) electrons. The van der Waals surface area contributed by atoms with Crippen molar-refractivity contribution in [3.63, 3.8) is 0 Å². The molecule has 0 atom stereocenters. The average Bonchev–Trinajstić information content (AvgIpc) is 2.67. The van der Waals surface area contributed by atoms with Crippen LogP contribution in [0.15, 0.2) is 42.5 Å². The van der Waals surface area contributed by atoms with E-state index in [1.165, 1.54) is 6.08 Å². The minimum absolute atomic E-state index is 0.279. The summed E-state index contributed by atoms with van der Waals surface area (Å²) in [6.07, 6.45) is 3.01. The molecule has 2 aromatic carbocycles. The normalized spacial score (nSPS) is 14.6. The summed E-state index contributed by atoms with van der Waals surface area (Å²) >= 11 is 0. The second kappa shape index (κ2) is 7.64. The molecule has 7 heteroatoms. The third kappa shape index (κ3) is 3.93. The first kappa shape index (κ1) is 19.3. The molecular formula is C21H22N2O5. The highest BCUT2D eigenvalue weighted by molar-refractivity contribution is 6.08. The number of fused-ring (bicyclic) bond motifs is 1. The lowest BCUT2D eigenvalue weighted by Gasteiger charge is -2.32. The van der Waals surface area contributed by atoms with Crippen molar-refractivity contribution in [1.82, 2.24) is 0 Å². The quantitative estimate of drug-likeness (QED) is 0.774. The van der Waals surface area contributed by atoms with E-state index in [9.17, 15) is 9.59 Å². The second-order valence-corrected chi connectivity index (χ2v) is 6.68. The number of hydrogen-bond acceptors (Lipinski definition) is 5. The smallest absolute Gasteiger partial charge is 0.268 e. The highest BCUT2D eigenvalue weighted by Crippen LogP contribution is 2.38. The molecule has 2 aromatic rings. The minimum Gasteiger partial charge on any atom is -0.497 e. The van der Waals surface area contributed by atoms with Crippen LogP contribution >= 0.6 is 0 Å². The highest BCUT2D eigenvalue weighted by Gasteiger charge is 2.36. The second-order valence-electron chi connectivity index (χ2n) is 6.68. The average molecular weight is 382 g/mol. The van der Waals surface area contributed by atoms with Crippen LogP contribution in [0, 0.1) is 0 Å². The van der Waals surface area contributed by atoms with Crippen molar-refractivity contribution in [2.75, 3.05) is 24.9 Å². The summed E-state index contributed by atoms with van der Waals surface area (Å²) in [6, 6.07) is 10.5. The Balaban J connectivity index is 1.80. The van der Waals surface area contributed by atoms with Crippen molar-refractivity contribution < 1.29 is 23.8 Å². The zero-order valence-electron chi connectivity index (χ0n) is 16.2. The summed E-state index contributed by atoms with van der Waals surface area (Å²) < 4.78 is 16.2. The fourth-order valence-electron chi connectivity index (χ4n) is 2.74. The molecule has 2 N–H and O–H groups in total. The molecule has 1 heterocycles. The van der Waals surface area contributed by atoms with Crippen LogP contribution in [0.25, 0.3) is 6.08 Å². The molecular weight excluding hydrogens is 360 g/mol. The molecule has 28 heavy (non-hydrogen) atoms. The van der Waals surface area contributed by atoms with E-state index in [0.717, 1.165) is 0 Å². The van der Waals surface area contributed by atoms with Gasteiger partial charge in [0.25, 0.3) is 5.91 Å². The molecule has 0 spiro atoms. The van der Waals surface area contributed by atoms with E-state index in [0.29, 0.717) is 34.2 Å². The number of methoxy groups -OCH3 is 2. The summed E-state index contributed by atoms with van der Waals surface area (Å²) in [5.41, 5.74) is 0.616. The maximum atomic E-state index is 12.4. The largest absolute Gasteiger partial charge is 0.497 e. The van der Waals surface area contributed by atoms with Gasteiger partial charge in [-0.2, -0.15) is 0 Å². The minimum atomic E-state index is -0.974. The van der Waals surface area contributed by atoms with Crippen LogP contribution < -0.4 is 24.8 Å². The predicted molar refractivity (Wildman–Crippen MR) is 107 cm³/mol. The van der Waals surface area contributed by atoms with Crippen LogP contribution in [0.2, 0.25) is 0 Å². The van der Waals surface area contributed by atoms with Crippen molar-refractivity contribution in [3.8, 4) is 17.2 Å². The third-order valence-corrected chi connectivity index (χ3v) is 4.29. The summed E-state index contributed by atoms with van der Waals surface area (Å²) in [7, 11) is 3.12. The monoisotopic (exact) mass is 382 g/mol. The Morgan fingerprint density at radius 1 is 1.18 bits per heavy atom. The van der Waals surface area contributed by atoms with Crippen molar-refractivity contribution in [2.45, 2.75) is 19.4 Å². The SMILES string of the molecule is COc1ccc(OC)c(/C=C/C(=O)Nc2cccc3c2NC(=O)C(C)(C)O3)c1. The number of carbonyl (C=O) groups is 2. The Hall–Kier alpha value is -3.48. The third-order valence-electron chi connectivity index (χ3n) is 4.29. The van der Waals surface area contributed by atoms with Gasteiger partial charge in [-0.1, -0.05) is 6.07 Å². The number of carbonyl (C=O) groups excluding carboxylic acids is 2. The fraction of sp³-hybridized carbons (Fsp3) is 0.238. The van der Waals surface area contributed by atoms with Crippen LogP contribution in [-0.2, 0) is 9.59 Å². The van der Waals surface area contributed by atoms with Crippen LogP contribution in [0.3, 0.4) is 0 Å². The molecule has 0 bridgehead atoms. The standard InChI is InChI=1S/C21H22N2O5/c1-21(2)20(25)23-19-15(6-5-7-17(19)28-21)22-18(24)11-8-13-12-14(26-3)9-10-16(13)27-4/h5-12H,1-4H3,(H,22,24)(H,23,25)/b11-8+. The van der Waals surface area contributed by atoms with Gasteiger partial charge in [0.05, 0.1) is 19.9 Å². The van der Waals surface area contributed by atoms with Gasteiger partial charge in [-0.25, -0.2) is 0 Å². The molecule has 7 nitrogen and oxygen atoms in total. The lowest BCUT2D eigenvalue weighted by atomic mass is 10.1. The molecule has 146 valence electrons. The number of nitrogens with one attached hydrogen (secondary N) is 2. The highest BCUT2D eigenvalue weighted by atomic mass is 16.5. The van der Waals surface area contributed by atoms with Gasteiger partial charge in [-0.05, 0) is 50.3 Å². The van der Waals surface area contributed by atoms with Gasteiger partial charge in [0.1, 0.15) is 22.9 Å². The van der Waals surface area contributed by atoms with Crippen molar-refractivity contribution in [2.24, 2.45) is 0 Å². The maximum absolute atomic E-state index is 12.4. The number of amides is 2. The summed E-state index contributed by atoms with van der Waals surface area (Å²) in [6.45, 7) is 3.36. The Bertz CT molecular complexity index is 950. The van der Waals surface area contributed by atoms with Gasteiger partial charge in [0.15, 0.2) is 5.60 Å². The zero-order chi connectivity index (χ0) is 20.3. The maximum Gasteiger partial charge on any atom is 0.268 e. The molecule has 3 rings (SSSR count). The van der Waals surface area contributed by atoms with Gasteiger partial charge in [0, 0.05) is 11.6 Å². The topological polar surface area (TPSA) is 85.9 Å². The molecule has 1 aliphatic rings. The van der Waals surface area contributed by atoms with Gasteiger partial charge in [0.2, 0.25) is 5.91 Å². The number of anilines is 2. The number of ether oxygens (including phenoxy) is 3. The predicted octanol–water partition coefficient (Wildman–Crippen LogP) is 3.47. The van der Waals surface area contributed by atoms with E-state index in [1.54, 1.807) is 70.5 Å². The molecule has 0 unspecified atom stereocenters. The van der Waals surface area contributed by atoms with Crippen LogP contribution in [-0.4, -0.2) is 31.6 Å². The molecule has 0 saturated carbocycles. The van der Waals surface area contributed by atoms with Crippen molar-refractivity contribution in [3.05, 3.63) is 48.0 Å².